The molecule has 1 N–H and O–H groups in total. The van der Waals surface area contributed by atoms with E-state index in [-0.39, 0.29) is 24.6 Å². The Morgan fingerprint density at radius 2 is 1.92 bits per heavy atom. The van der Waals surface area contributed by atoms with Crippen LogP contribution in [0.3, 0.4) is 0 Å². The standard InChI is InChI=1S/C28H25N5O5S/c1-16-12-20(17(2)31(16)22-13-19(33(34)35)8-9-23(22)36-3)27-26(21-6-4-5-11-29-21)30-28(39)32(27)18-7-10-24-25(14-18)38-15-37-24/h4-14,26-27H,15H2,1-3H3,(H,30,39)/t26-,27+/m0/s1. The summed E-state index contributed by atoms with van der Waals surface area (Å²) in [6, 6.07) is 17.7. The highest BCUT2D eigenvalue weighted by Crippen LogP contribution is 2.46. The van der Waals surface area contributed by atoms with Gasteiger partial charge in [-0.25, -0.2) is 0 Å². The minimum absolute atomic E-state index is 0.0168. The van der Waals surface area contributed by atoms with Crippen molar-refractivity contribution in [3.05, 3.63) is 99.6 Å². The maximum Gasteiger partial charge on any atom is 0.271 e. The minimum Gasteiger partial charge on any atom is -0.495 e. The first-order chi connectivity index (χ1) is 18.9. The number of nitrogens with zero attached hydrogens (tertiary/aromatic N) is 4. The highest BCUT2D eigenvalue weighted by Gasteiger charge is 2.42. The average molecular weight is 544 g/mol. The van der Waals surface area contributed by atoms with Gasteiger partial charge in [0.1, 0.15) is 5.75 Å². The fourth-order valence-corrected chi connectivity index (χ4v) is 5.75. The molecule has 4 aromatic rings. The van der Waals surface area contributed by atoms with Crippen LogP contribution in [0.1, 0.15) is 34.7 Å². The average Bonchev–Trinajstić information content (AvgIpc) is 3.63. The third kappa shape index (κ3) is 4.11. The molecule has 2 aliphatic heterocycles. The molecule has 0 bridgehead atoms. The first kappa shape index (κ1) is 24.7. The summed E-state index contributed by atoms with van der Waals surface area (Å²) in [5.74, 6) is 1.87. The van der Waals surface area contributed by atoms with Crippen molar-refractivity contribution in [2.24, 2.45) is 0 Å². The number of methoxy groups -OCH3 is 1. The van der Waals surface area contributed by atoms with Crippen molar-refractivity contribution in [1.82, 2.24) is 14.9 Å². The zero-order valence-electron chi connectivity index (χ0n) is 21.5. The predicted molar refractivity (Wildman–Crippen MR) is 149 cm³/mol. The molecule has 6 rings (SSSR count). The van der Waals surface area contributed by atoms with Crippen molar-refractivity contribution in [2.75, 3.05) is 18.8 Å². The van der Waals surface area contributed by atoms with Gasteiger partial charge in [-0.1, -0.05) is 6.07 Å². The lowest BCUT2D eigenvalue weighted by Gasteiger charge is -2.28. The summed E-state index contributed by atoms with van der Waals surface area (Å²) < 4.78 is 18.7. The van der Waals surface area contributed by atoms with E-state index >= 15 is 0 Å². The normalized spacial score (nSPS) is 17.8. The highest BCUT2D eigenvalue weighted by molar-refractivity contribution is 7.80. The van der Waals surface area contributed by atoms with Crippen molar-refractivity contribution in [2.45, 2.75) is 25.9 Å². The Labute approximate surface area is 229 Å². The van der Waals surface area contributed by atoms with Crippen LogP contribution in [0.15, 0.2) is 66.9 Å². The van der Waals surface area contributed by atoms with E-state index in [2.05, 4.69) is 21.3 Å². The second kappa shape index (κ2) is 9.59. The van der Waals surface area contributed by atoms with Gasteiger partial charge in [0.25, 0.3) is 5.69 Å². The van der Waals surface area contributed by atoms with Gasteiger partial charge in [0, 0.05) is 41.5 Å². The second-order valence-electron chi connectivity index (χ2n) is 9.31. The van der Waals surface area contributed by atoms with E-state index in [1.54, 1.807) is 19.4 Å². The summed E-state index contributed by atoms with van der Waals surface area (Å²) in [4.78, 5) is 17.9. The van der Waals surface area contributed by atoms with Gasteiger partial charge >= 0.3 is 0 Å². The lowest BCUT2D eigenvalue weighted by Crippen LogP contribution is -2.29. The number of rotatable bonds is 6. The quantitative estimate of drug-likeness (QED) is 0.197. The monoisotopic (exact) mass is 543 g/mol. The Balaban J connectivity index is 1.53. The zero-order valence-corrected chi connectivity index (χ0v) is 22.3. The molecular formula is C28H25N5O5S. The minimum atomic E-state index is -0.407. The van der Waals surface area contributed by atoms with E-state index in [1.165, 1.54) is 12.1 Å². The number of ether oxygens (including phenoxy) is 3. The Morgan fingerprint density at radius 1 is 1.10 bits per heavy atom. The molecule has 0 radical (unpaired) electrons. The molecule has 1 saturated heterocycles. The van der Waals surface area contributed by atoms with Crippen LogP contribution in [0.2, 0.25) is 0 Å². The molecular weight excluding hydrogens is 518 g/mol. The number of pyridine rings is 1. The van der Waals surface area contributed by atoms with E-state index in [4.69, 9.17) is 26.4 Å². The molecule has 11 heteroatoms. The summed E-state index contributed by atoms with van der Waals surface area (Å²) in [7, 11) is 1.55. The van der Waals surface area contributed by atoms with Gasteiger partial charge < -0.3 is 29.0 Å². The van der Waals surface area contributed by atoms with Gasteiger partial charge in [-0.15, -0.1) is 0 Å². The number of non-ortho nitro benzene ring substituents is 1. The molecule has 39 heavy (non-hydrogen) atoms. The molecule has 10 nitrogen and oxygen atoms in total. The number of anilines is 1. The lowest BCUT2D eigenvalue weighted by molar-refractivity contribution is -0.384. The topological polar surface area (TPSA) is 104 Å². The molecule has 198 valence electrons. The molecule has 0 unspecified atom stereocenters. The van der Waals surface area contributed by atoms with Crippen LogP contribution >= 0.6 is 12.2 Å². The molecule has 2 aromatic heterocycles. The smallest absolute Gasteiger partial charge is 0.271 e. The van der Waals surface area contributed by atoms with Crippen LogP contribution in [-0.2, 0) is 0 Å². The van der Waals surface area contributed by atoms with Gasteiger partial charge in [-0.2, -0.15) is 0 Å². The third-order valence-electron chi connectivity index (χ3n) is 7.14. The van der Waals surface area contributed by atoms with Crippen molar-refractivity contribution in [1.29, 1.82) is 0 Å². The lowest BCUT2D eigenvalue weighted by atomic mass is 9.96. The Morgan fingerprint density at radius 3 is 2.67 bits per heavy atom. The summed E-state index contributed by atoms with van der Waals surface area (Å²) in [6.45, 7) is 4.14. The number of nitrogens with one attached hydrogen (secondary N) is 1. The molecule has 2 aliphatic rings. The number of thiocarbonyl (C=S) groups is 1. The van der Waals surface area contributed by atoms with Crippen molar-refractivity contribution < 1.29 is 19.1 Å². The largest absolute Gasteiger partial charge is 0.495 e. The molecule has 1 fully saturated rings. The molecule has 2 atom stereocenters. The van der Waals surface area contributed by atoms with Gasteiger partial charge in [-0.05, 0) is 68.0 Å². The summed E-state index contributed by atoms with van der Waals surface area (Å²) in [5.41, 5.74) is 5.03. The Bertz CT molecular complexity index is 1610. The fourth-order valence-electron chi connectivity index (χ4n) is 5.41. The number of benzene rings is 2. The molecule has 2 aromatic carbocycles. The third-order valence-corrected chi connectivity index (χ3v) is 7.45. The number of nitro groups is 1. The number of hydrogen-bond donors (Lipinski definition) is 1. The number of nitro benzene ring substituents is 1. The summed E-state index contributed by atoms with van der Waals surface area (Å²) in [6.07, 6.45) is 1.76. The number of aryl methyl sites for hydroxylation is 1. The zero-order chi connectivity index (χ0) is 27.3. The van der Waals surface area contributed by atoms with E-state index < -0.39 is 4.92 Å². The van der Waals surface area contributed by atoms with Crippen molar-refractivity contribution in [3.8, 4) is 22.9 Å². The van der Waals surface area contributed by atoms with Crippen LogP contribution in [0, 0.1) is 24.0 Å². The molecule has 0 aliphatic carbocycles. The second-order valence-corrected chi connectivity index (χ2v) is 9.70. The highest BCUT2D eigenvalue weighted by atomic mass is 32.1. The number of hydrogen-bond acceptors (Lipinski definition) is 7. The number of aromatic nitrogens is 2. The maximum absolute atomic E-state index is 11.6. The van der Waals surface area contributed by atoms with Crippen LogP contribution < -0.4 is 24.4 Å². The molecule has 4 heterocycles. The molecule has 0 saturated carbocycles. The van der Waals surface area contributed by atoms with E-state index in [0.29, 0.717) is 28.0 Å². The predicted octanol–water partition coefficient (Wildman–Crippen LogP) is 5.31. The first-order valence-electron chi connectivity index (χ1n) is 12.3. The van der Waals surface area contributed by atoms with Crippen molar-refractivity contribution >= 4 is 28.7 Å². The van der Waals surface area contributed by atoms with E-state index in [1.807, 2.05) is 54.8 Å². The van der Waals surface area contributed by atoms with Gasteiger partial charge in [0.05, 0.1) is 35.5 Å². The molecule has 0 spiro atoms. The molecule has 0 amide bonds. The Kier molecular flexibility index (Phi) is 6.07. The van der Waals surface area contributed by atoms with E-state index in [0.717, 1.165) is 28.3 Å². The first-order valence-corrected chi connectivity index (χ1v) is 12.7. The van der Waals surface area contributed by atoms with Crippen LogP contribution in [0.4, 0.5) is 11.4 Å². The van der Waals surface area contributed by atoms with Crippen LogP contribution in [0.25, 0.3) is 5.69 Å². The maximum atomic E-state index is 11.6. The van der Waals surface area contributed by atoms with Crippen LogP contribution in [0.5, 0.6) is 17.2 Å². The van der Waals surface area contributed by atoms with Crippen LogP contribution in [-0.4, -0.2) is 33.5 Å². The van der Waals surface area contributed by atoms with Gasteiger partial charge in [-0.3, -0.25) is 15.1 Å². The SMILES string of the molecule is COc1ccc([N+](=O)[O-])cc1-n1c(C)cc([C@@H]2[C@H](c3ccccn3)NC(=S)N2c2ccc3c(c2)OCO3)c1C. The summed E-state index contributed by atoms with van der Waals surface area (Å²) in [5, 5.41) is 15.6. The number of fused-ring (bicyclic) bond motifs is 1. The van der Waals surface area contributed by atoms with E-state index in [9.17, 15) is 10.1 Å². The summed E-state index contributed by atoms with van der Waals surface area (Å²) >= 11 is 5.88. The Hall–Kier alpha value is -4.64. The fraction of sp³-hybridized carbons (Fsp3) is 0.214. The van der Waals surface area contributed by atoms with Gasteiger partial charge in [0.15, 0.2) is 16.6 Å². The van der Waals surface area contributed by atoms with Crippen molar-refractivity contribution in [3.63, 3.8) is 0 Å². The van der Waals surface area contributed by atoms with Gasteiger partial charge in [0.2, 0.25) is 6.79 Å².